The van der Waals surface area contributed by atoms with Crippen LogP contribution in [0.5, 0.6) is 5.75 Å². The van der Waals surface area contributed by atoms with Gasteiger partial charge in [0.25, 0.3) is 5.91 Å². The van der Waals surface area contributed by atoms with Crippen molar-refractivity contribution in [1.82, 2.24) is 0 Å². The van der Waals surface area contributed by atoms with Gasteiger partial charge < -0.3 is 10.1 Å². The minimum Gasteiger partial charge on any atom is -0.494 e. The molecule has 3 aromatic rings. The number of carbonyl (C=O) groups excluding carboxylic acids is 1. The summed E-state index contributed by atoms with van der Waals surface area (Å²) in [6, 6.07) is 19.7. The van der Waals surface area contributed by atoms with Crippen LogP contribution in [0.15, 0.2) is 66.2 Å². The first kappa shape index (κ1) is 22.8. The summed E-state index contributed by atoms with van der Waals surface area (Å²) in [5.41, 5.74) is 4.71. The zero-order valence-corrected chi connectivity index (χ0v) is 18.4. The Hall–Kier alpha value is -3.91. The van der Waals surface area contributed by atoms with Crippen LogP contribution in [0.2, 0.25) is 0 Å². The lowest BCUT2D eigenvalue weighted by Gasteiger charge is -2.12. The summed E-state index contributed by atoms with van der Waals surface area (Å²) < 4.78 is 19.8. The highest BCUT2D eigenvalue weighted by molar-refractivity contribution is 6.10. The van der Waals surface area contributed by atoms with Crippen LogP contribution in [-0.2, 0) is 11.2 Å². The second kappa shape index (κ2) is 10.4. The maximum absolute atomic E-state index is 14.1. The Balaban J connectivity index is 1.86. The summed E-state index contributed by atoms with van der Waals surface area (Å²) in [6.07, 6.45) is 1.90. The number of halogens is 1. The Bertz CT molecular complexity index is 1210. The maximum atomic E-state index is 14.1. The Kier molecular flexibility index (Phi) is 7.41. The fourth-order valence-corrected chi connectivity index (χ4v) is 3.40. The standard InChI is InChI=1S/C27H25FN2O2/c1-4-32-26-15-20(10-11-22(26)16-21-7-5-6-8-24(21)28)14-23(17-29)27(31)30-25-12-9-18(2)13-19(25)3/h5-15H,4,16H2,1-3H3,(H,30,31)/b23-14+. The molecule has 3 aromatic carbocycles. The zero-order chi connectivity index (χ0) is 23.1. The van der Waals surface area contributed by atoms with Gasteiger partial charge in [0.15, 0.2) is 0 Å². The normalized spacial score (nSPS) is 11.0. The van der Waals surface area contributed by atoms with E-state index in [1.807, 2.05) is 51.1 Å². The number of anilines is 1. The lowest BCUT2D eigenvalue weighted by Crippen LogP contribution is -2.14. The molecule has 0 unspecified atom stereocenters. The molecule has 32 heavy (non-hydrogen) atoms. The molecule has 0 aliphatic carbocycles. The van der Waals surface area contributed by atoms with E-state index in [0.717, 1.165) is 16.7 Å². The fraction of sp³-hybridized carbons (Fsp3) is 0.185. The first-order valence-electron chi connectivity index (χ1n) is 10.4. The van der Waals surface area contributed by atoms with Crippen LogP contribution in [0, 0.1) is 31.0 Å². The summed E-state index contributed by atoms with van der Waals surface area (Å²) in [7, 11) is 0. The molecule has 0 heterocycles. The van der Waals surface area contributed by atoms with E-state index < -0.39 is 5.91 Å². The third-order valence-corrected chi connectivity index (χ3v) is 5.04. The number of ether oxygens (including phenoxy) is 1. The fourth-order valence-electron chi connectivity index (χ4n) is 3.40. The molecule has 0 aliphatic heterocycles. The van der Waals surface area contributed by atoms with Crippen LogP contribution in [0.1, 0.15) is 34.7 Å². The molecule has 0 atom stereocenters. The third kappa shape index (κ3) is 5.61. The monoisotopic (exact) mass is 428 g/mol. The second-order valence-corrected chi connectivity index (χ2v) is 7.51. The molecule has 0 aliphatic rings. The van der Waals surface area contributed by atoms with Crippen molar-refractivity contribution in [3.8, 4) is 11.8 Å². The zero-order valence-electron chi connectivity index (χ0n) is 18.4. The van der Waals surface area contributed by atoms with Crippen molar-refractivity contribution < 1.29 is 13.9 Å². The first-order chi connectivity index (χ1) is 15.4. The first-order valence-corrected chi connectivity index (χ1v) is 10.4. The van der Waals surface area contributed by atoms with Gasteiger partial charge in [0.2, 0.25) is 0 Å². The number of amides is 1. The van der Waals surface area contributed by atoms with Crippen LogP contribution < -0.4 is 10.1 Å². The summed E-state index contributed by atoms with van der Waals surface area (Å²) >= 11 is 0. The molecule has 0 saturated carbocycles. The highest BCUT2D eigenvalue weighted by atomic mass is 19.1. The molecule has 162 valence electrons. The van der Waals surface area contributed by atoms with Gasteiger partial charge in [-0.05, 0) is 67.3 Å². The number of rotatable bonds is 7. The predicted octanol–water partition coefficient (Wildman–Crippen LogP) is 5.98. The van der Waals surface area contributed by atoms with Crippen molar-refractivity contribution in [3.05, 3.63) is 99.9 Å². The quantitative estimate of drug-likeness (QED) is 0.372. The number of nitrogens with zero attached hydrogens (tertiary/aromatic N) is 1. The topological polar surface area (TPSA) is 62.1 Å². The van der Waals surface area contributed by atoms with Crippen molar-refractivity contribution in [2.75, 3.05) is 11.9 Å². The van der Waals surface area contributed by atoms with E-state index >= 15 is 0 Å². The average molecular weight is 429 g/mol. The van der Waals surface area contributed by atoms with E-state index in [2.05, 4.69) is 5.32 Å². The minimum absolute atomic E-state index is 0.0192. The molecule has 0 spiro atoms. The molecule has 0 fully saturated rings. The van der Waals surface area contributed by atoms with Gasteiger partial charge in [-0.25, -0.2) is 4.39 Å². The number of carbonyl (C=O) groups is 1. The van der Waals surface area contributed by atoms with Crippen LogP contribution in [0.3, 0.4) is 0 Å². The maximum Gasteiger partial charge on any atom is 0.266 e. The summed E-state index contributed by atoms with van der Waals surface area (Å²) in [6.45, 7) is 6.19. The largest absolute Gasteiger partial charge is 0.494 e. The molecule has 0 bridgehead atoms. The summed E-state index contributed by atoms with van der Waals surface area (Å²) in [4.78, 5) is 12.7. The van der Waals surface area contributed by atoms with E-state index in [-0.39, 0.29) is 11.4 Å². The number of hydrogen-bond donors (Lipinski definition) is 1. The van der Waals surface area contributed by atoms with Gasteiger partial charge in [-0.15, -0.1) is 0 Å². The molecule has 0 radical (unpaired) electrons. The van der Waals surface area contributed by atoms with E-state index in [9.17, 15) is 14.4 Å². The Labute approximate surface area is 188 Å². The molecule has 4 nitrogen and oxygen atoms in total. The Morgan fingerprint density at radius 1 is 1.09 bits per heavy atom. The summed E-state index contributed by atoms with van der Waals surface area (Å²) in [5.74, 6) is -0.154. The van der Waals surface area contributed by atoms with Gasteiger partial charge in [0.05, 0.1) is 6.61 Å². The van der Waals surface area contributed by atoms with Crippen molar-refractivity contribution in [2.24, 2.45) is 0 Å². The van der Waals surface area contributed by atoms with Crippen LogP contribution in [-0.4, -0.2) is 12.5 Å². The van der Waals surface area contributed by atoms with Gasteiger partial charge in [-0.1, -0.05) is 48.0 Å². The average Bonchev–Trinajstić information content (AvgIpc) is 2.77. The van der Waals surface area contributed by atoms with E-state index in [1.165, 1.54) is 12.1 Å². The number of nitriles is 1. The summed E-state index contributed by atoms with van der Waals surface area (Å²) in [5, 5.41) is 12.3. The number of hydrogen-bond acceptors (Lipinski definition) is 3. The Morgan fingerprint density at radius 3 is 2.56 bits per heavy atom. The van der Waals surface area contributed by atoms with Gasteiger partial charge in [-0.3, -0.25) is 4.79 Å². The van der Waals surface area contributed by atoms with Crippen molar-refractivity contribution in [1.29, 1.82) is 5.26 Å². The van der Waals surface area contributed by atoms with Gasteiger partial charge in [0, 0.05) is 12.1 Å². The third-order valence-electron chi connectivity index (χ3n) is 5.04. The van der Waals surface area contributed by atoms with Crippen molar-refractivity contribution >= 4 is 17.7 Å². The highest BCUT2D eigenvalue weighted by Gasteiger charge is 2.13. The van der Waals surface area contributed by atoms with Crippen LogP contribution >= 0.6 is 0 Å². The number of aryl methyl sites for hydroxylation is 2. The van der Waals surface area contributed by atoms with Gasteiger partial charge in [-0.2, -0.15) is 5.26 Å². The molecule has 5 heteroatoms. The van der Waals surface area contributed by atoms with Crippen molar-refractivity contribution in [2.45, 2.75) is 27.2 Å². The lowest BCUT2D eigenvalue weighted by molar-refractivity contribution is -0.112. The second-order valence-electron chi connectivity index (χ2n) is 7.51. The van der Waals surface area contributed by atoms with Crippen LogP contribution in [0.4, 0.5) is 10.1 Å². The molecule has 1 N–H and O–H groups in total. The van der Waals surface area contributed by atoms with E-state index in [0.29, 0.717) is 35.6 Å². The SMILES string of the molecule is CCOc1cc(/C=C(\C#N)C(=O)Nc2ccc(C)cc2C)ccc1Cc1ccccc1F. The lowest BCUT2D eigenvalue weighted by atomic mass is 10.0. The van der Waals surface area contributed by atoms with E-state index in [1.54, 1.807) is 30.3 Å². The Morgan fingerprint density at radius 2 is 1.88 bits per heavy atom. The molecule has 0 aromatic heterocycles. The molecular formula is C27H25FN2O2. The highest BCUT2D eigenvalue weighted by Crippen LogP contribution is 2.26. The molecule has 1 amide bonds. The van der Waals surface area contributed by atoms with Gasteiger partial charge >= 0.3 is 0 Å². The number of benzene rings is 3. The van der Waals surface area contributed by atoms with Crippen molar-refractivity contribution in [3.63, 3.8) is 0 Å². The predicted molar refractivity (Wildman–Crippen MR) is 125 cm³/mol. The molecule has 0 saturated heterocycles. The van der Waals surface area contributed by atoms with Crippen LogP contribution in [0.25, 0.3) is 6.08 Å². The number of nitrogens with one attached hydrogen (secondary N) is 1. The molecular weight excluding hydrogens is 403 g/mol. The van der Waals surface area contributed by atoms with E-state index in [4.69, 9.17) is 4.74 Å². The smallest absolute Gasteiger partial charge is 0.266 e. The van der Waals surface area contributed by atoms with Gasteiger partial charge in [0.1, 0.15) is 23.2 Å². The minimum atomic E-state index is -0.479. The molecule has 3 rings (SSSR count).